The third-order valence-corrected chi connectivity index (χ3v) is 3.69. The number of aliphatic hydroxyl groups excluding tert-OH is 1. The van der Waals surface area contributed by atoms with Gasteiger partial charge in [-0.2, -0.15) is 0 Å². The molecule has 3 rings (SSSR count). The molecule has 0 spiro atoms. The molecule has 0 aliphatic carbocycles. The molecule has 2 N–H and O–H groups in total. The van der Waals surface area contributed by atoms with E-state index in [1.807, 2.05) is 18.2 Å². The maximum absolute atomic E-state index is 10.8. The fraction of sp³-hybridized carbons (Fsp3) is 0.250. The van der Waals surface area contributed by atoms with E-state index in [9.17, 15) is 10.2 Å². The third kappa shape index (κ3) is 1.94. The zero-order chi connectivity index (χ0) is 14.2. The summed E-state index contributed by atoms with van der Waals surface area (Å²) in [6.07, 6.45) is -1.04. The van der Waals surface area contributed by atoms with Gasteiger partial charge in [-0.1, -0.05) is 30.3 Å². The van der Waals surface area contributed by atoms with E-state index in [0.717, 1.165) is 0 Å². The van der Waals surface area contributed by atoms with E-state index in [2.05, 4.69) is 0 Å². The number of hydrogen-bond acceptors (Lipinski definition) is 4. The van der Waals surface area contributed by atoms with Crippen molar-refractivity contribution in [3.63, 3.8) is 0 Å². The lowest BCUT2D eigenvalue weighted by molar-refractivity contribution is -0.121. The van der Waals surface area contributed by atoms with Crippen LogP contribution in [-0.2, 0) is 5.60 Å². The maximum Gasteiger partial charge on any atom is 0.153 e. The molecule has 20 heavy (non-hydrogen) atoms. The van der Waals surface area contributed by atoms with Crippen LogP contribution in [0, 0.1) is 0 Å². The molecule has 1 heterocycles. The van der Waals surface area contributed by atoms with Crippen LogP contribution in [0.1, 0.15) is 17.2 Å². The summed E-state index contributed by atoms with van der Waals surface area (Å²) in [6.45, 7) is -0.00164. The molecule has 1 aliphatic heterocycles. The van der Waals surface area contributed by atoms with Crippen LogP contribution in [-0.4, -0.2) is 23.9 Å². The predicted molar refractivity (Wildman–Crippen MR) is 73.8 cm³/mol. The highest BCUT2D eigenvalue weighted by atomic mass is 16.5. The lowest BCUT2D eigenvalue weighted by Gasteiger charge is -2.38. The summed E-state index contributed by atoms with van der Waals surface area (Å²) in [5.74, 6) is 1.19. The van der Waals surface area contributed by atoms with Crippen molar-refractivity contribution in [1.82, 2.24) is 0 Å². The molecular formula is C16H16O4. The highest BCUT2D eigenvalue weighted by Gasteiger charge is 2.44. The topological polar surface area (TPSA) is 58.9 Å². The number of methoxy groups -OCH3 is 1. The van der Waals surface area contributed by atoms with Gasteiger partial charge in [-0.05, 0) is 17.7 Å². The van der Waals surface area contributed by atoms with Crippen LogP contribution in [0.15, 0.2) is 48.5 Å². The van der Waals surface area contributed by atoms with Gasteiger partial charge >= 0.3 is 0 Å². The van der Waals surface area contributed by atoms with Crippen molar-refractivity contribution < 1.29 is 19.7 Å². The second kappa shape index (κ2) is 4.81. The number of rotatable bonds is 2. The molecular weight excluding hydrogens is 256 g/mol. The molecule has 2 atom stereocenters. The van der Waals surface area contributed by atoms with Gasteiger partial charge in [-0.15, -0.1) is 0 Å². The number of hydrogen-bond donors (Lipinski definition) is 2. The van der Waals surface area contributed by atoms with Gasteiger partial charge in [0.2, 0.25) is 0 Å². The van der Waals surface area contributed by atoms with Gasteiger partial charge in [0.15, 0.2) is 5.60 Å². The van der Waals surface area contributed by atoms with Crippen molar-refractivity contribution >= 4 is 0 Å². The molecule has 104 valence electrons. The Kier molecular flexibility index (Phi) is 3.12. The minimum absolute atomic E-state index is 0.00164. The van der Waals surface area contributed by atoms with Crippen LogP contribution >= 0.6 is 0 Å². The minimum Gasteiger partial charge on any atom is -0.497 e. The lowest BCUT2D eigenvalue weighted by Crippen LogP contribution is -2.42. The van der Waals surface area contributed by atoms with Crippen LogP contribution < -0.4 is 9.47 Å². The summed E-state index contributed by atoms with van der Waals surface area (Å²) in [4.78, 5) is 0. The van der Waals surface area contributed by atoms with Gasteiger partial charge in [0.25, 0.3) is 0 Å². The quantitative estimate of drug-likeness (QED) is 0.878. The zero-order valence-electron chi connectivity index (χ0n) is 11.1. The smallest absolute Gasteiger partial charge is 0.153 e. The van der Waals surface area contributed by atoms with Crippen molar-refractivity contribution in [1.29, 1.82) is 0 Å². The molecule has 0 fully saturated rings. The van der Waals surface area contributed by atoms with Crippen molar-refractivity contribution in [2.45, 2.75) is 11.7 Å². The zero-order valence-corrected chi connectivity index (χ0v) is 11.1. The molecule has 1 aliphatic rings. The van der Waals surface area contributed by atoms with Gasteiger partial charge in [0, 0.05) is 11.6 Å². The van der Waals surface area contributed by atoms with E-state index < -0.39 is 11.7 Å². The van der Waals surface area contributed by atoms with Gasteiger partial charge in [-0.25, -0.2) is 0 Å². The highest BCUT2D eigenvalue weighted by molar-refractivity contribution is 5.46. The van der Waals surface area contributed by atoms with E-state index in [0.29, 0.717) is 22.6 Å². The molecule has 0 saturated carbocycles. The maximum atomic E-state index is 10.8. The van der Waals surface area contributed by atoms with Gasteiger partial charge < -0.3 is 19.7 Å². The van der Waals surface area contributed by atoms with Crippen LogP contribution in [0.25, 0.3) is 0 Å². The summed E-state index contributed by atoms with van der Waals surface area (Å²) in [7, 11) is 1.57. The molecule has 2 aromatic carbocycles. The Hall–Kier alpha value is -2.04. The Morgan fingerprint density at radius 1 is 1.20 bits per heavy atom. The molecule has 0 radical (unpaired) electrons. The van der Waals surface area contributed by atoms with E-state index in [1.165, 1.54) is 0 Å². The molecule has 0 saturated heterocycles. The van der Waals surface area contributed by atoms with Crippen molar-refractivity contribution in [2.75, 3.05) is 13.7 Å². The molecule has 0 bridgehead atoms. The number of aliphatic hydroxyl groups is 2. The van der Waals surface area contributed by atoms with Crippen LogP contribution in [0.5, 0.6) is 11.5 Å². The molecule has 2 aromatic rings. The first-order chi connectivity index (χ1) is 9.65. The normalized spacial score (nSPS) is 24.6. The minimum atomic E-state index is -1.44. The summed E-state index contributed by atoms with van der Waals surface area (Å²) >= 11 is 0. The van der Waals surface area contributed by atoms with Crippen molar-refractivity contribution in [2.24, 2.45) is 0 Å². The van der Waals surface area contributed by atoms with E-state index in [1.54, 1.807) is 37.4 Å². The number of benzene rings is 2. The standard InChI is InChI=1S/C16H16O4/c1-19-12-7-8-13-14(9-12)20-10-16(18,15(13)17)11-5-3-2-4-6-11/h2-9,15,17-18H,10H2,1H3. The third-order valence-electron chi connectivity index (χ3n) is 3.69. The first-order valence-corrected chi connectivity index (χ1v) is 6.42. The Morgan fingerprint density at radius 3 is 2.65 bits per heavy atom. The average Bonchev–Trinajstić information content (AvgIpc) is 2.51. The van der Waals surface area contributed by atoms with Crippen LogP contribution in [0.2, 0.25) is 0 Å². The Balaban J connectivity index is 2.02. The van der Waals surface area contributed by atoms with Crippen molar-refractivity contribution in [3.8, 4) is 11.5 Å². The second-order valence-electron chi connectivity index (χ2n) is 4.89. The Morgan fingerprint density at radius 2 is 1.95 bits per heavy atom. The Bertz CT molecular complexity index is 611. The lowest BCUT2D eigenvalue weighted by atomic mass is 9.83. The second-order valence-corrected chi connectivity index (χ2v) is 4.89. The van der Waals surface area contributed by atoms with Gasteiger partial charge in [-0.3, -0.25) is 0 Å². The molecule has 2 unspecified atom stereocenters. The number of ether oxygens (including phenoxy) is 2. The fourth-order valence-electron chi connectivity index (χ4n) is 2.48. The van der Waals surface area contributed by atoms with Gasteiger partial charge in [0.05, 0.1) is 7.11 Å². The van der Waals surface area contributed by atoms with E-state index in [4.69, 9.17) is 9.47 Å². The predicted octanol–water partition coefficient (Wildman–Crippen LogP) is 2.01. The summed E-state index contributed by atoms with van der Waals surface area (Å²) in [6, 6.07) is 14.2. The van der Waals surface area contributed by atoms with Gasteiger partial charge in [0.1, 0.15) is 24.2 Å². The molecule has 4 nitrogen and oxygen atoms in total. The highest BCUT2D eigenvalue weighted by Crippen LogP contribution is 2.44. The summed E-state index contributed by atoms with van der Waals surface area (Å²) < 4.78 is 10.7. The Labute approximate surface area is 117 Å². The first kappa shape index (κ1) is 13.0. The average molecular weight is 272 g/mol. The number of fused-ring (bicyclic) bond motifs is 1. The summed E-state index contributed by atoms with van der Waals surface area (Å²) in [5, 5.41) is 21.3. The fourth-order valence-corrected chi connectivity index (χ4v) is 2.48. The summed E-state index contributed by atoms with van der Waals surface area (Å²) in [5.41, 5.74) is -0.250. The first-order valence-electron chi connectivity index (χ1n) is 6.42. The van der Waals surface area contributed by atoms with Crippen LogP contribution in [0.4, 0.5) is 0 Å². The SMILES string of the molecule is COc1ccc2c(c1)OCC(O)(c1ccccc1)C2O. The monoisotopic (exact) mass is 272 g/mol. The van der Waals surface area contributed by atoms with E-state index in [-0.39, 0.29) is 6.61 Å². The molecule has 0 amide bonds. The molecule has 0 aromatic heterocycles. The largest absolute Gasteiger partial charge is 0.497 e. The van der Waals surface area contributed by atoms with Crippen molar-refractivity contribution in [3.05, 3.63) is 59.7 Å². The molecule has 4 heteroatoms. The van der Waals surface area contributed by atoms with Crippen LogP contribution in [0.3, 0.4) is 0 Å². The van der Waals surface area contributed by atoms with E-state index >= 15 is 0 Å².